The molecule has 0 bridgehead atoms. The van der Waals surface area contributed by atoms with Gasteiger partial charge in [-0.15, -0.1) is 0 Å². The summed E-state index contributed by atoms with van der Waals surface area (Å²) in [5, 5.41) is 0. The highest BCUT2D eigenvalue weighted by atomic mass is 32.2. The van der Waals surface area contributed by atoms with Crippen LogP contribution in [0.2, 0.25) is 0 Å². The van der Waals surface area contributed by atoms with Crippen molar-refractivity contribution in [2.24, 2.45) is 0 Å². The molecule has 0 aromatic heterocycles. The SMILES string of the molecule is COCCNS(=O)(=O)c1ccc2c(c1)CCCC2. The van der Waals surface area contributed by atoms with Gasteiger partial charge in [0.1, 0.15) is 0 Å². The van der Waals surface area contributed by atoms with Gasteiger partial charge in [0.2, 0.25) is 10.0 Å². The second kappa shape index (κ2) is 5.82. The summed E-state index contributed by atoms with van der Waals surface area (Å²) < 4.78 is 31.4. The number of ether oxygens (including phenoxy) is 1. The van der Waals surface area contributed by atoms with Crippen LogP contribution in [0.3, 0.4) is 0 Å². The Kier molecular flexibility index (Phi) is 4.37. The molecule has 0 aliphatic heterocycles. The summed E-state index contributed by atoms with van der Waals surface area (Å²) in [5.41, 5.74) is 2.47. The molecule has 18 heavy (non-hydrogen) atoms. The molecule has 5 heteroatoms. The van der Waals surface area contributed by atoms with Crippen LogP contribution < -0.4 is 4.72 Å². The van der Waals surface area contributed by atoms with E-state index in [0.29, 0.717) is 18.0 Å². The smallest absolute Gasteiger partial charge is 0.240 e. The topological polar surface area (TPSA) is 55.4 Å². The Balaban J connectivity index is 2.17. The van der Waals surface area contributed by atoms with Crippen LogP contribution in [0.1, 0.15) is 24.0 Å². The average molecular weight is 269 g/mol. The molecule has 0 fully saturated rings. The zero-order valence-electron chi connectivity index (χ0n) is 10.6. The molecule has 0 saturated heterocycles. The quantitative estimate of drug-likeness (QED) is 0.824. The van der Waals surface area contributed by atoms with Crippen molar-refractivity contribution in [2.75, 3.05) is 20.3 Å². The number of hydrogen-bond donors (Lipinski definition) is 1. The van der Waals surface area contributed by atoms with Gasteiger partial charge in [-0.2, -0.15) is 0 Å². The van der Waals surface area contributed by atoms with Crippen LogP contribution in [0.5, 0.6) is 0 Å². The van der Waals surface area contributed by atoms with E-state index >= 15 is 0 Å². The molecule has 0 heterocycles. The Labute approximate surface area is 108 Å². The normalized spacial score (nSPS) is 15.4. The van der Waals surface area contributed by atoms with Gasteiger partial charge < -0.3 is 4.74 Å². The van der Waals surface area contributed by atoms with Gasteiger partial charge in [0.15, 0.2) is 0 Å². The Morgan fingerprint density at radius 1 is 1.22 bits per heavy atom. The summed E-state index contributed by atoms with van der Waals surface area (Å²) in [6.45, 7) is 0.681. The third kappa shape index (κ3) is 3.10. The number of sulfonamides is 1. The van der Waals surface area contributed by atoms with Crippen molar-refractivity contribution < 1.29 is 13.2 Å². The first-order chi connectivity index (χ1) is 8.63. The van der Waals surface area contributed by atoms with Crippen molar-refractivity contribution in [3.63, 3.8) is 0 Å². The summed E-state index contributed by atoms with van der Waals surface area (Å²) >= 11 is 0. The summed E-state index contributed by atoms with van der Waals surface area (Å²) in [5.74, 6) is 0. The Morgan fingerprint density at radius 3 is 2.67 bits per heavy atom. The largest absolute Gasteiger partial charge is 0.383 e. The minimum atomic E-state index is -3.40. The van der Waals surface area contributed by atoms with Crippen molar-refractivity contribution in [2.45, 2.75) is 30.6 Å². The Hall–Kier alpha value is -0.910. The molecular formula is C13H19NO3S. The standard InChI is InChI=1S/C13H19NO3S/c1-17-9-8-14-18(15,16)13-7-6-11-4-2-3-5-12(11)10-13/h6-7,10,14H,2-5,8-9H2,1H3. The zero-order chi connectivity index (χ0) is 13.0. The summed E-state index contributed by atoms with van der Waals surface area (Å²) in [7, 11) is -1.85. The number of methoxy groups -OCH3 is 1. The van der Waals surface area contributed by atoms with E-state index in [1.807, 2.05) is 12.1 Å². The van der Waals surface area contributed by atoms with Gasteiger partial charge in [-0.05, 0) is 48.9 Å². The molecule has 0 spiro atoms. The second-order valence-electron chi connectivity index (χ2n) is 4.53. The van der Waals surface area contributed by atoms with Crippen LogP contribution in [0.25, 0.3) is 0 Å². The van der Waals surface area contributed by atoms with Crippen molar-refractivity contribution in [1.82, 2.24) is 4.72 Å². The molecule has 0 saturated carbocycles. The molecular weight excluding hydrogens is 250 g/mol. The number of fused-ring (bicyclic) bond motifs is 1. The number of benzene rings is 1. The molecule has 1 aliphatic carbocycles. The van der Waals surface area contributed by atoms with Crippen molar-refractivity contribution in [1.29, 1.82) is 0 Å². The molecule has 0 unspecified atom stereocenters. The van der Waals surface area contributed by atoms with Gasteiger partial charge in [-0.3, -0.25) is 0 Å². The highest BCUT2D eigenvalue weighted by Gasteiger charge is 2.16. The van der Waals surface area contributed by atoms with Gasteiger partial charge in [-0.1, -0.05) is 6.07 Å². The maximum Gasteiger partial charge on any atom is 0.240 e. The second-order valence-corrected chi connectivity index (χ2v) is 6.30. The van der Waals surface area contributed by atoms with E-state index in [2.05, 4.69) is 4.72 Å². The van der Waals surface area contributed by atoms with Gasteiger partial charge >= 0.3 is 0 Å². The van der Waals surface area contributed by atoms with Gasteiger partial charge in [0, 0.05) is 13.7 Å². The van der Waals surface area contributed by atoms with E-state index in [1.54, 1.807) is 13.2 Å². The van der Waals surface area contributed by atoms with E-state index in [1.165, 1.54) is 17.5 Å². The minimum Gasteiger partial charge on any atom is -0.383 e. The van der Waals surface area contributed by atoms with Gasteiger partial charge in [-0.25, -0.2) is 13.1 Å². The molecule has 0 atom stereocenters. The fourth-order valence-corrected chi connectivity index (χ4v) is 3.30. The van der Waals surface area contributed by atoms with Crippen LogP contribution in [0.4, 0.5) is 0 Å². The first kappa shape index (κ1) is 13.5. The fraction of sp³-hybridized carbons (Fsp3) is 0.538. The number of aryl methyl sites for hydroxylation is 2. The lowest BCUT2D eigenvalue weighted by Crippen LogP contribution is -2.27. The molecule has 1 aliphatic rings. The maximum atomic E-state index is 12.0. The molecule has 0 radical (unpaired) electrons. The summed E-state index contributed by atoms with van der Waals surface area (Å²) in [4.78, 5) is 0.360. The number of hydrogen-bond acceptors (Lipinski definition) is 3. The highest BCUT2D eigenvalue weighted by Crippen LogP contribution is 2.23. The molecule has 1 aromatic rings. The average Bonchev–Trinajstić information content (AvgIpc) is 2.38. The van der Waals surface area contributed by atoms with E-state index in [4.69, 9.17) is 4.74 Å². The summed E-state index contributed by atoms with van der Waals surface area (Å²) in [6.07, 6.45) is 4.39. The van der Waals surface area contributed by atoms with E-state index in [0.717, 1.165) is 19.3 Å². The fourth-order valence-electron chi connectivity index (χ4n) is 2.24. The zero-order valence-corrected chi connectivity index (χ0v) is 11.4. The Morgan fingerprint density at radius 2 is 1.94 bits per heavy atom. The summed E-state index contributed by atoms with van der Waals surface area (Å²) in [6, 6.07) is 5.45. The molecule has 100 valence electrons. The third-order valence-electron chi connectivity index (χ3n) is 3.23. The third-order valence-corrected chi connectivity index (χ3v) is 4.69. The Bertz CT molecular complexity index is 511. The van der Waals surface area contributed by atoms with E-state index in [-0.39, 0.29) is 0 Å². The van der Waals surface area contributed by atoms with E-state index < -0.39 is 10.0 Å². The van der Waals surface area contributed by atoms with Crippen LogP contribution in [0.15, 0.2) is 23.1 Å². The molecule has 1 N–H and O–H groups in total. The lowest BCUT2D eigenvalue weighted by atomic mass is 9.92. The van der Waals surface area contributed by atoms with Crippen LogP contribution >= 0.6 is 0 Å². The molecule has 2 rings (SSSR count). The van der Waals surface area contributed by atoms with Crippen molar-refractivity contribution in [3.8, 4) is 0 Å². The van der Waals surface area contributed by atoms with Crippen molar-refractivity contribution in [3.05, 3.63) is 29.3 Å². The maximum absolute atomic E-state index is 12.0. The van der Waals surface area contributed by atoms with Crippen LogP contribution in [-0.2, 0) is 27.6 Å². The lowest BCUT2D eigenvalue weighted by Gasteiger charge is -2.16. The highest BCUT2D eigenvalue weighted by molar-refractivity contribution is 7.89. The number of nitrogens with one attached hydrogen (secondary N) is 1. The van der Waals surface area contributed by atoms with Crippen LogP contribution in [-0.4, -0.2) is 28.7 Å². The molecule has 0 amide bonds. The van der Waals surface area contributed by atoms with Crippen LogP contribution in [0, 0.1) is 0 Å². The molecule has 1 aromatic carbocycles. The van der Waals surface area contributed by atoms with Gasteiger partial charge in [0.05, 0.1) is 11.5 Å². The predicted molar refractivity (Wildman–Crippen MR) is 70.1 cm³/mol. The van der Waals surface area contributed by atoms with E-state index in [9.17, 15) is 8.42 Å². The predicted octanol–water partition coefficient (Wildman–Crippen LogP) is 1.49. The number of rotatable bonds is 5. The van der Waals surface area contributed by atoms with Crippen molar-refractivity contribution >= 4 is 10.0 Å². The molecule has 4 nitrogen and oxygen atoms in total. The minimum absolute atomic E-state index is 0.302. The first-order valence-electron chi connectivity index (χ1n) is 6.24. The lowest BCUT2D eigenvalue weighted by molar-refractivity contribution is 0.204. The van der Waals surface area contributed by atoms with Gasteiger partial charge in [0.25, 0.3) is 0 Å². The monoisotopic (exact) mass is 269 g/mol. The first-order valence-corrected chi connectivity index (χ1v) is 7.72.